The van der Waals surface area contributed by atoms with E-state index in [2.05, 4.69) is 24.1 Å². The monoisotopic (exact) mass is 269 g/mol. The molecule has 1 saturated heterocycles. The molecule has 0 aliphatic carbocycles. The molecular weight excluding hydrogens is 238 g/mol. The highest BCUT2D eigenvalue weighted by molar-refractivity contribution is 5.81. The van der Waals surface area contributed by atoms with Crippen LogP contribution in [0.25, 0.3) is 0 Å². The summed E-state index contributed by atoms with van der Waals surface area (Å²) in [6.07, 6.45) is 4.59. The zero-order chi connectivity index (χ0) is 14.3. The number of hydrogen-bond acceptors (Lipinski definition) is 3. The molecule has 3 N–H and O–H groups in total. The zero-order valence-electron chi connectivity index (χ0n) is 12.8. The van der Waals surface area contributed by atoms with Gasteiger partial charge in [-0.15, -0.1) is 0 Å². The molecule has 1 aliphatic rings. The maximum Gasteiger partial charge on any atom is 0.237 e. The van der Waals surface area contributed by atoms with Gasteiger partial charge in [-0.3, -0.25) is 4.79 Å². The summed E-state index contributed by atoms with van der Waals surface area (Å²) in [5.41, 5.74) is 5.89. The van der Waals surface area contributed by atoms with Crippen LogP contribution in [0.3, 0.4) is 0 Å². The first kappa shape index (κ1) is 16.4. The van der Waals surface area contributed by atoms with E-state index in [1.807, 2.05) is 6.92 Å². The molecule has 4 nitrogen and oxygen atoms in total. The van der Waals surface area contributed by atoms with Crippen LogP contribution in [0.5, 0.6) is 0 Å². The summed E-state index contributed by atoms with van der Waals surface area (Å²) in [6.45, 7) is 10.7. The summed E-state index contributed by atoms with van der Waals surface area (Å²) in [5.74, 6) is 1.13. The third kappa shape index (κ3) is 5.91. The third-order valence-electron chi connectivity index (χ3n) is 4.39. The van der Waals surface area contributed by atoms with Gasteiger partial charge in [0.25, 0.3) is 0 Å². The van der Waals surface area contributed by atoms with Crippen LogP contribution in [0.4, 0.5) is 0 Å². The fourth-order valence-electron chi connectivity index (χ4n) is 2.43. The number of amides is 1. The number of rotatable bonds is 7. The molecule has 1 aliphatic heterocycles. The van der Waals surface area contributed by atoms with Crippen molar-refractivity contribution in [2.75, 3.05) is 26.2 Å². The second-order valence-electron chi connectivity index (χ2n) is 6.08. The lowest BCUT2D eigenvalue weighted by atomic mass is 9.99. The smallest absolute Gasteiger partial charge is 0.237 e. The Bertz CT molecular complexity index is 262. The molecule has 0 bridgehead atoms. The van der Waals surface area contributed by atoms with Gasteiger partial charge >= 0.3 is 0 Å². The first-order valence-electron chi connectivity index (χ1n) is 7.80. The second-order valence-corrected chi connectivity index (χ2v) is 6.08. The van der Waals surface area contributed by atoms with Crippen molar-refractivity contribution in [3.63, 3.8) is 0 Å². The number of nitrogens with one attached hydrogen (secondary N) is 1. The summed E-state index contributed by atoms with van der Waals surface area (Å²) in [7, 11) is 0. The molecule has 112 valence electrons. The zero-order valence-corrected chi connectivity index (χ0v) is 12.8. The molecule has 1 amide bonds. The van der Waals surface area contributed by atoms with Crippen LogP contribution in [0.15, 0.2) is 0 Å². The van der Waals surface area contributed by atoms with Gasteiger partial charge in [0.15, 0.2) is 0 Å². The number of likely N-dealkylation sites (tertiary alicyclic amines) is 1. The molecule has 0 aromatic rings. The first-order chi connectivity index (χ1) is 9.04. The van der Waals surface area contributed by atoms with E-state index in [0.717, 1.165) is 31.8 Å². The van der Waals surface area contributed by atoms with Crippen LogP contribution in [0, 0.1) is 11.8 Å². The number of nitrogens with zero attached hydrogens (tertiary/aromatic N) is 1. The Morgan fingerprint density at radius 1 is 1.42 bits per heavy atom. The Labute approximate surface area is 118 Å². The van der Waals surface area contributed by atoms with Gasteiger partial charge in [-0.25, -0.2) is 0 Å². The van der Waals surface area contributed by atoms with Gasteiger partial charge < -0.3 is 16.0 Å². The van der Waals surface area contributed by atoms with Gasteiger partial charge in [0.1, 0.15) is 0 Å². The van der Waals surface area contributed by atoms with E-state index < -0.39 is 0 Å². The standard InChI is InChI=1S/C15H31N3O/c1-4-13(3)14(16)15(19)17-8-5-9-18-10-6-12(2)7-11-18/h12-14H,4-11,16H2,1-3H3,(H,17,19)/t13?,14-/m0/s1. The fourth-order valence-corrected chi connectivity index (χ4v) is 2.43. The van der Waals surface area contributed by atoms with E-state index in [1.165, 1.54) is 25.9 Å². The highest BCUT2D eigenvalue weighted by Gasteiger charge is 2.19. The maximum atomic E-state index is 11.8. The Morgan fingerprint density at radius 2 is 2.05 bits per heavy atom. The summed E-state index contributed by atoms with van der Waals surface area (Å²) in [4.78, 5) is 14.3. The van der Waals surface area contributed by atoms with Crippen molar-refractivity contribution >= 4 is 5.91 Å². The molecule has 1 heterocycles. The molecule has 0 aromatic heterocycles. The topological polar surface area (TPSA) is 58.4 Å². The Kier molecular flexibility index (Phi) is 7.39. The molecule has 1 unspecified atom stereocenters. The van der Waals surface area contributed by atoms with Gasteiger partial charge in [-0.1, -0.05) is 27.2 Å². The molecule has 0 aromatic carbocycles. The van der Waals surface area contributed by atoms with Crippen molar-refractivity contribution in [2.24, 2.45) is 17.6 Å². The van der Waals surface area contributed by atoms with Crippen molar-refractivity contribution in [3.05, 3.63) is 0 Å². The number of piperidine rings is 1. The van der Waals surface area contributed by atoms with Crippen molar-refractivity contribution in [3.8, 4) is 0 Å². The van der Waals surface area contributed by atoms with Crippen LogP contribution >= 0.6 is 0 Å². The van der Waals surface area contributed by atoms with E-state index in [0.29, 0.717) is 0 Å². The van der Waals surface area contributed by atoms with Crippen LogP contribution in [-0.2, 0) is 4.79 Å². The average molecular weight is 269 g/mol. The molecule has 4 heteroatoms. The van der Waals surface area contributed by atoms with E-state index >= 15 is 0 Å². The largest absolute Gasteiger partial charge is 0.355 e. The average Bonchev–Trinajstić information content (AvgIpc) is 2.43. The molecule has 19 heavy (non-hydrogen) atoms. The molecule has 0 saturated carbocycles. The number of carbonyl (C=O) groups is 1. The predicted octanol–water partition coefficient (Wildman–Crippen LogP) is 1.60. The van der Waals surface area contributed by atoms with Crippen molar-refractivity contribution in [1.29, 1.82) is 0 Å². The minimum Gasteiger partial charge on any atom is -0.355 e. The summed E-state index contributed by atoms with van der Waals surface area (Å²) >= 11 is 0. The fraction of sp³-hybridized carbons (Fsp3) is 0.933. The van der Waals surface area contributed by atoms with Crippen molar-refractivity contribution in [2.45, 2.75) is 52.5 Å². The minimum atomic E-state index is -0.360. The molecule has 0 spiro atoms. The quantitative estimate of drug-likeness (QED) is 0.690. The predicted molar refractivity (Wildman–Crippen MR) is 79.9 cm³/mol. The maximum absolute atomic E-state index is 11.8. The van der Waals surface area contributed by atoms with E-state index in [4.69, 9.17) is 5.73 Å². The van der Waals surface area contributed by atoms with Gasteiger partial charge in [0.2, 0.25) is 5.91 Å². The lowest BCUT2D eigenvalue weighted by Crippen LogP contribution is -2.45. The summed E-state index contributed by atoms with van der Waals surface area (Å²) < 4.78 is 0. The number of carbonyl (C=O) groups excluding carboxylic acids is 1. The highest BCUT2D eigenvalue weighted by Crippen LogP contribution is 2.15. The molecule has 2 atom stereocenters. The summed E-state index contributed by atoms with van der Waals surface area (Å²) in [6, 6.07) is -0.360. The van der Waals surface area contributed by atoms with Crippen LogP contribution in [-0.4, -0.2) is 43.0 Å². The molecular formula is C15H31N3O. The third-order valence-corrected chi connectivity index (χ3v) is 4.39. The van der Waals surface area contributed by atoms with Gasteiger partial charge in [0.05, 0.1) is 6.04 Å². The highest BCUT2D eigenvalue weighted by atomic mass is 16.2. The second kappa shape index (κ2) is 8.54. The number of nitrogens with two attached hydrogens (primary N) is 1. The SMILES string of the molecule is CCC(C)[C@H](N)C(=O)NCCCN1CCC(C)CC1. The Balaban J connectivity index is 2.08. The van der Waals surface area contributed by atoms with Crippen molar-refractivity contribution < 1.29 is 4.79 Å². The molecule has 0 radical (unpaired) electrons. The normalized spacial score (nSPS) is 21.1. The Morgan fingerprint density at radius 3 is 2.63 bits per heavy atom. The van der Waals surface area contributed by atoms with Crippen LogP contribution in [0.1, 0.15) is 46.5 Å². The van der Waals surface area contributed by atoms with E-state index in [9.17, 15) is 4.79 Å². The van der Waals surface area contributed by atoms with Gasteiger partial charge in [-0.05, 0) is 50.7 Å². The van der Waals surface area contributed by atoms with E-state index in [1.54, 1.807) is 0 Å². The summed E-state index contributed by atoms with van der Waals surface area (Å²) in [5, 5.41) is 2.96. The molecule has 1 fully saturated rings. The number of hydrogen-bond donors (Lipinski definition) is 2. The Hall–Kier alpha value is -0.610. The lowest BCUT2D eigenvalue weighted by Gasteiger charge is -2.30. The van der Waals surface area contributed by atoms with Gasteiger partial charge in [-0.2, -0.15) is 0 Å². The van der Waals surface area contributed by atoms with E-state index in [-0.39, 0.29) is 17.9 Å². The van der Waals surface area contributed by atoms with Crippen LogP contribution < -0.4 is 11.1 Å². The van der Waals surface area contributed by atoms with Gasteiger partial charge in [0, 0.05) is 6.54 Å². The van der Waals surface area contributed by atoms with Crippen molar-refractivity contribution in [1.82, 2.24) is 10.2 Å². The first-order valence-corrected chi connectivity index (χ1v) is 7.80. The minimum absolute atomic E-state index is 0.00150. The van der Waals surface area contributed by atoms with Crippen LogP contribution in [0.2, 0.25) is 0 Å². The lowest BCUT2D eigenvalue weighted by molar-refractivity contribution is -0.123. The molecule has 1 rings (SSSR count).